The van der Waals surface area contributed by atoms with E-state index in [1.54, 1.807) is 6.92 Å². The zero-order chi connectivity index (χ0) is 12.6. The van der Waals surface area contributed by atoms with E-state index in [9.17, 15) is 9.59 Å². The first kappa shape index (κ1) is 14.8. The monoisotopic (exact) mass is 248 g/mol. The molecule has 0 bridgehead atoms. The summed E-state index contributed by atoms with van der Waals surface area (Å²) in [5.41, 5.74) is 0. The molecule has 2 amide bonds. The van der Waals surface area contributed by atoms with Gasteiger partial charge in [0.1, 0.15) is 0 Å². The molecule has 0 heterocycles. The van der Waals surface area contributed by atoms with Crippen LogP contribution in [0, 0.1) is 5.92 Å². The molecule has 0 saturated carbocycles. The van der Waals surface area contributed by atoms with Crippen LogP contribution in [0.2, 0.25) is 0 Å². The van der Waals surface area contributed by atoms with Crippen LogP contribution >= 0.6 is 11.6 Å². The van der Waals surface area contributed by atoms with Crippen LogP contribution < -0.4 is 10.6 Å². The molecule has 0 aromatic rings. The molecule has 3 N–H and O–H groups in total. The molecule has 0 aromatic carbocycles. The largest absolute Gasteiger partial charge is 0.481 e. The number of carbonyl (C=O) groups is 2. The minimum Gasteiger partial charge on any atom is -0.481 e. The average Bonchev–Trinajstić information content (AvgIpc) is 2.20. The maximum Gasteiger partial charge on any atom is 0.315 e. The average molecular weight is 249 g/mol. The predicted molar refractivity (Wildman–Crippen MR) is 62.4 cm³/mol. The van der Waals surface area contributed by atoms with E-state index in [4.69, 9.17) is 16.7 Å². The van der Waals surface area contributed by atoms with Gasteiger partial charge in [-0.15, -0.1) is 0 Å². The molecular formula is C10H17ClN2O3. The minimum atomic E-state index is -0.817. The predicted octanol–water partition coefficient (Wildman–Crippen LogP) is 1.54. The summed E-state index contributed by atoms with van der Waals surface area (Å²) in [6.07, 6.45) is 1.17. The smallest absolute Gasteiger partial charge is 0.315 e. The van der Waals surface area contributed by atoms with E-state index in [-0.39, 0.29) is 18.5 Å². The molecule has 0 aliphatic rings. The molecule has 16 heavy (non-hydrogen) atoms. The van der Waals surface area contributed by atoms with Crippen molar-refractivity contribution in [2.75, 3.05) is 13.1 Å². The third-order valence-corrected chi connectivity index (χ3v) is 2.10. The van der Waals surface area contributed by atoms with Crippen molar-refractivity contribution in [3.8, 4) is 0 Å². The van der Waals surface area contributed by atoms with Crippen LogP contribution in [-0.2, 0) is 4.79 Å². The highest BCUT2D eigenvalue weighted by atomic mass is 35.5. The number of nitrogens with one attached hydrogen (secondary N) is 2. The zero-order valence-corrected chi connectivity index (χ0v) is 10.0. The second-order valence-electron chi connectivity index (χ2n) is 3.51. The maximum atomic E-state index is 11.1. The number of carboxylic acid groups (broad SMARTS) is 1. The third kappa shape index (κ3) is 8.11. The first-order chi connectivity index (χ1) is 7.43. The standard InChI is InChI=1S/C10H17ClN2O3/c1-7(9(14)15)4-3-5-12-10(16)13-6-8(2)11/h7H,2-6H2,1H3,(H,14,15)(H2,12,13,16). The highest BCUT2D eigenvalue weighted by molar-refractivity contribution is 6.29. The Morgan fingerprint density at radius 1 is 1.44 bits per heavy atom. The molecule has 0 saturated heterocycles. The van der Waals surface area contributed by atoms with Gasteiger partial charge < -0.3 is 15.7 Å². The number of carbonyl (C=O) groups excluding carboxylic acids is 1. The summed E-state index contributed by atoms with van der Waals surface area (Å²) in [6.45, 7) is 5.73. The molecule has 0 aliphatic carbocycles. The second kappa shape index (κ2) is 7.98. The van der Waals surface area contributed by atoms with E-state index in [0.29, 0.717) is 24.4 Å². The van der Waals surface area contributed by atoms with E-state index in [1.165, 1.54) is 0 Å². The van der Waals surface area contributed by atoms with Crippen LogP contribution in [0.5, 0.6) is 0 Å². The van der Waals surface area contributed by atoms with Gasteiger partial charge in [-0.1, -0.05) is 25.1 Å². The Morgan fingerprint density at radius 3 is 2.56 bits per heavy atom. The molecule has 0 aliphatic heterocycles. The first-order valence-electron chi connectivity index (χ1n) is 5.01. The van der Waals surface area contributed by atoms with E-state index < -0.39 is 5.97 Å². The van der Waals surface area contributed by atoms with Crippen molar-refractivity contribution in [2.45, 2.75) is 19.8 Å². The van der Waals surface area contributed by atoms with Gasteiger partial charge in [0.05, 0.1) is 12.5 Å². The number of urea groups is 1. The Labute approximate surface area is 99.9 Å². The van der Waals surface area contributed by atoms with Crippen molar-refractivity contribution in [3.63, 3.8) is 0 Å². The van der Waals surface area contributed by atoms with Crippen LogP contribution in [0.1, 0.15) is 19.8 Å². The van der Waals surface area contributed by atoms with Crippen molar-refractivity contribution in [2.24, 2.45) is 5.92 Å². The Hall–Kier alpha value is -1.23. The lowest BCUT2D eigenvalue weighted by Crippen LogP contribution is -2.36. The van der Waals surface area contributed by atoms with Crippen LogP contribution in [0.4, 0.5) is 4.79 Å². The number of rotatable bonds is 7. The van der Waals surface area contributed by atoms with Gasteiger partial charge in [-0.05, 0) is 12.8 Å². The quantitative estimate of drug-likeness (QED) is 0.598. The summed E-state index contributed by atoms with van der Waals surface area (Å²) in [5, 5.41) is 14.1. The van der Waals surface area contributed by atoms with E-state index in [2.05, 4.69) is 17.2 Å². The number of halogens is 1. The van der Waals surface area contributed by atoms with Crippen molar-refractivity contribution in [1.82, 2.24) is 10.6 Å². The van der Waals surface area contributed by atoms with Gasteiger partial charge >= 0.3 is 12.0 Å². The third-order valence-electron chi connectivity index (χ3n) is 1.96. The summed E-state index contributed by atoms with van der Waals surface area (Å²) in [6, 6.07) is -0.329. The Kier molecular flexibility index (Phi) is 7.37. The lowest BCUT2D eigenvalue weighted by molar-refractivity contribution is -0.141. The topological polar surface area (TPSA) is 78.4 Å². The zero-order valence-electron chi connectivity index (χ0n) is 9.25. The van der Waals surface area contributed by atoms with Crippen molar-refractivity contribution in [3.05, 3.63) is 11.6 Å². The molecule has 0 rings (SSSR count). The van der Waals surface area contributed by atoms with Crippen LogP contribution in [0.25, 0.3) is 0 Å². The molecular weight excluding hydrogens is 232 g/mol. The van der Waals surface area contributed by atoms with Crippen LogP contribution in [0.3, 0.4) is 0 Å². The lowest BCUT2D eigenvalue weighted by atomic mass is 10.1. The fourth-order valence-corrected chi connectivity index (χ4v) is 1.04. The van der Waals surface area contributed by atoms with Crippen molar-refractivity contribution >= 4 is 23.6 Å². The summed E-state index contributed by atoms with van der Waals surface area (Å²) >= 11 is 5.46. The van der Waals surface area contributed by atoms with Gasteiger partial charge in [-0.2, -0.15) is 0 Å². The number of aliphatic carboxylic acids is 1. The minimum absolute atomic E-state index is 0.221. The Balaban J connectivity index is 3.48. The Morgan fingerprint density at radius 2 is 2.06 bits per heavy atom. The van der Waals surface area contributed by atoms with Crippen molar-refractivity contribution in [1.29, 1.82) is 0 Å². The second-order valence-corrected chi connectivity index (χ2v) is 4.04. The fraction of sp³-hybridized carbons (Fsp3) is 0.600. The highest BCUT2D eigenvalue weighted by Gasteiger charge is 2.09. The number of hydrogen-bond donors (Lipinski definition) is 3. The van der Waals surface area contributed by atoms with Gasteiger partial charge in [0.2, 0.25) is 0 Å². The molecule has 1 atom stereocenters. The van der Waals surface area contributed by atoms with Gasteiger partial charge in [0.15, 0.2) is 0 Å². The molecule has 0 spiro atoms. The number of hydrogen-bond acceptors (Lipinski definition) is 2. The van der Waals surface area contributed by atoms with Gasteiger partial charge in [0.25, 0.3) is 0 Å². The Bertz CT molecular complexity index is 269. The fourth-order valence-electron chi connectivity index (χ4n) is 0.972. The van der Waals surface area contributed by atoms with E-state index in [1.807, 2.05) is 0 Å². The normalized spacial score (nSPS) is 11.6. The summed E-state index contributed by atoms with van der Waals surface area (Å²) in [7, 11) is 0. The SMILES string of the molecule is C=C(Cl)CNC(=O)NCCCC(C)C(=O)O. The summed E-state index contributed by atoms with van der Waals surface area (Å²) in [4.78, 5) is 21.6. The molecule has 1 unspecified atom stereocenters. The van der Waals surface area contributed by atoms with Crippen molar-refractivity contribution < 1.29 is 14.7 Å². The maximum absolute atomic E-state index is 11.1. The van der Waals surface area contributed by atoms with E-state index in [0.717, 1.165) is 0 Å². The number of carboxylic acids is 1. The first-order valence-corrected chi connectivity index (χ1v) is 5.39. The number of amides is 2. The lowest BCUT2D eigenvalue weighted by Gasteiger charge is -2.08. The molecule has 92 valence electrons. The van der Waals surface area contributed by atoms with Crippen LogP contribution in [-0.4, -0.2) is 30.2 Å². The molecule has 5 nitrogen and oxygen atoms in total. The molecule has 0 fully saturated rings. The highest BCUT2D eigenvalue weighted by Crippen LogP contribution is 2.03. The van der Waals surface area contributed by atoms with E-state index >= 15 is 0 Å². The summed E-state index contributed by atoms with van der Waals surface area (Å²) in [5.74, 6) is -1.20. The van der Waals surface area contributed by atoms with Gasteiger partial charge in [-0.25, -0.2) is 4.79 Å². The summed E-state index contributed by atoms with van der Waals surface area (Å²) < 4.78 is 0. The molecule has 6 heteroatoms. The van der Waals surface area contributed by atoms with Crippen LogP contribution in [0.15, 0.2) is 11.6 Å². The van der Waals surface area contributed by atoms with Gasteiger partial charge in [0, 0.05) is 11.6 Å². The molecule has 0 aromatic heterocycles. The van der Waals surface area contributed by atoms with Gasteiger partial charge in [-0.3, -0.25) is 4.79 Å². The molecule has 0 radical (unpaired) electrons.